The van der Waals surface area contributed by atoms with Crippen LogP contribution in [0.5, 0.6) is 0 Å². The van der Waals surface area contributed by atoms with Crippen molar-refractivity contribution in [3.63, 3.8) is 0 Å². The predicted molar refractivity (Wildman–Crippen MR) is 76.3 cm³/mol. The van der Waals surface area contributed by atoms with Crippen molar-refractivity contribution in [2.75, 3.05) is 11.9 Å². The number of benzene rings is 1. The van der Waals surface area contributed by atoms with E-state index in [1.807, 2.05) is 24.4 Å². The largest absolute Gasteiger partial charge is 0.370 e. The SMILES string of the molecule is CCCNc1ncc(-c2ccccc2)cc1CN. The van der Waals surface area contributed by atoms with Gasteiger partial charge in [0.15, 0.2) is 0 Å². The van der Waals surface area contributed by atoms with Crippen molar-refractivity contribution < 1.29 is 0 Å². The van der Waals surface area contributed by atoms with Gasteiger partial charge in [-0.3, -0.25) is 0 Å². The zero-order valence-electron chi connectivity index (χ0n) is 10.7. The van der Waals surface area contributed by atoms with Crippen LogP contribution in [-0.2, 0) is 6.54 Å². The van der Waals surface area contributed by atoms with E-state index in [-0.39, 0.29) is 0 Å². The molecule has 0 saturated carbocycles. The zero-order valence-corrected chi connectivity index (χ0v) is 10.7. The fourth-order valence-electron chi connectivity index (χ4n) is 1.86. The summed E-state index contributed by atoms with van der Waals surface area (Å²) in [5.41, 5.74) is 9.13. The van der Waals surface area contributed by atoms with Gasteiger partial charge in [-0.2, -0.15) is 0 Å². The second kappa shape index (κ2) is 6.17. The standard InChI is InChI=1S/C15H19N3/c1-2-8-17-15-13(10-16)9-14(11-18-15)12-6-4-3-5-7-12/h3-7,9,11H,2,8,10,16H2,1H3,(H,17,18). The Morgan fingerprint density at radius 3 is 2.61 bits per heavy atom. The number of nitrogens with two attached hydrogens (primary N) is 1. The van der Waals surface area contributed by atoms with Crippen LogP contribution in [0.1, 0.15) is 18.9 Å². The van der Waals surface area contributed by atoms with E-state index in [4.69, 9.17) is 5.73 Å². The molecule has 1 aromatic carbocycles. The number of nitrogens with one attached hydrogen (secondary N) is 1. The van der Waals surface area contributed by atoms with E-state index in [9.17, 15) is 0 Å². The first kappa shape index (κ1) is 12.6. The highest BCUT2D eigenvalue weighted by atomic mass is 15.0. The van der Waals surface area contributed by atoms with Gasteiger partial charge in [0, 0.05) is 30.4 Å². The minimum Gasteiger partial charge on any atom is -0.370 e. The fourth-order valence-corrected chi connectivity index (χ4v) is 1.86. The summed E-state index contributed by atoms with van der Waals surface area (Å²) in [7, 11) is 0. The third-order valence-electron chi connectivity index (χ3n) is 2.84. The van der Waals surface area contributed by atoms with Gasteiger partial charge >= 0.3 is 0 Å². The smallest absolute Gasteiger partial charge is 0.130 e. The lowest BCUT2D eigenvalue weighted by Gasteiger charge is -2.11. The summed E-state index contributed by atoms with van der Waals surface area (Å²) >= 11 is 0. The van der Waals surface area contributed by atoms with Crippen LogP contribution in [0.2, 0.25) is 0 Å². The summed E-state index contributed by atoms with van der Waals surface area (Å²) in [6, 6.07) is 12.3. The number of nitrogens with zero attached hydrogens (tertiary/aromatic N) is 1. The predicted octanol–water partition coefficient (Wildman–Crippen LogP) is 3.03. The lowest BCUT2D eigenvalue weighted by Crippen LogP contribution is -2.08. The number of aromatic nitrogens is 1. The van der Waals surface area contributed by atoms with E-state index >= 15 is 0 Å². The molecule has 0 saturated heterocycles. The van der Waals surface area contributed by atoms with E-state index in [0.717, 1.165) is 29.9 Å². The van der Waals surface area contributed by atoms with Gasteiger partial charge in [-0.05, 0) is 18.1 Å². The molecule has 0 atom stereocenters. The third kappa shape index (κ3) is 2.87. The van der Waals surface area contributed by atoms with E-state index in [0.29, 0.717) is 6.54 Å². The second-order valence-electron chi connectivity index (χ2n) is 4.23. The molecule has 2 rings (SSSR count). The summed E-state index contributed by atoms with van der Waals surface area (Å²) in [5, 5.41) is 3.30. The Morgan fingerprint density at radius 1 is 1.17 bits per heavy atom. The molecular formula is C15H19N3. The number of anilines is 1. The molecule has 0 spiro atoms. The minimum absolute atomic E-state index is 0.500. The molecule has 1 heterocycles. The lowest BCUT2D eigenvalue weighted by atomic mass is 10.1. The number of pyridine rings is 1. The summed E-state index contributed by atoms with van der Waals surface area (Å²) in [4.78, 5) is 4.47. The molecule has 0 radical (unpaired) electrons. The highest BCUT2D eigenvalue weighted by molar-refractivity contribution is 5.65. The molecule has 0 fully saturated rings. The average molecular weight is 241 g/mol. The zero-order chi connectivity index (χ0) is 12.8. The topological polar surface area (TPSA) is 50.9 Å². The summed E-state index contributed by atoms with van der Waals surface area (Å²) < 4.78 is 0. The first-order valence-corrected chi connectivity index (χ1v) is 6.33. The van der Waals surface area contributed by atoms with E-state index in [1.165, 1.54) is 5.56 Å². The first-order valence-electron chi connectivity index (χ1n) is 6.33. The summed E-state index contributed by atoms with van der Waals surface area (Å²) in [5.74, 6) is 0.902. The third-order valence-corrected chi connectivity index (χ3v) is 2.84. The van der Waals surface area contributed by atoms with Crippen LogP contribution in [0.25, 0.3) is 11.1 Å². The van der Waals surface area contributed by atoms with Crippen LogP contribution in [0.3, 0.4) is 0 Å². The molecule has 94 valence electrons. The Labute approximate surface area is 108 Å². The number of hydrogen-bond donors (Lipinski definition) is 2. The number of hydrogen-bond acceptors (Lipinski definition) is 3. The Hall–Kier alpha value is -1.87. The molecule has 2 aromatic rings. The van der Waals surface area contributed by atoms with Gasteiger partial charge in [0.2, 0.25) is 0 Å². The van der Waals surface area contributed by atoms with Crippen molar-refractivity contribution in [1.82, 2.24) is 4.98 Å². The molecule has 0 unspecified atom stereocenters. The van der Waals surface area contributed by atoms with Crippen molar-refractivity contribution >= 4 is 5.82 Å². The van der Waals surface area contributed by atoms with Crippen LogP contribution in [0.4, 0.5) is 5.82 Å². The molecule has 1 aromatic heterocycles. The van der Waals surface area contributed by atoms with Crippen LogP contribution >= 0.6 is 0 Å². The van der Waals surface area contributed by atoms with Crippen LogP contribution in [0, 0.1) is 0 Å². The van der Waals surface area contributed by atoms with Gasteiger partial charge < -0.3 is 11.1 Å². The van der Waals surface area contributed by atoms with Gasteiger partial charge in [0.1, 0.15) is 5.82 Å². The highest BCUT2D eigenvalue weighted by Gasteiger charge is 2.05. The molecule has 18 heavy (non-hydrogen) atoms. The summed E-state index contributed by atoms with van der Waals surface area (Å²) in [6.45, 7) is 3.55. The molecule has 0 aliphatic heterocycles. The second-order valence-corrected chi connectivity index (χ2v) is 4.23. The Morgan fingerprint density at radius 2 is 1.94 bits per heavy atom. The van der Waals surface area contributed by atoms with Gasteiger partial charge in [0.05, 0.1) is 0 Å². The normalized spacial score (nSPS) is 10.3. The molecule has 3 N–H and O–H groups in total. The van der Waals surface area contributed by atoms with Crippen molar-refractivity contribution in [3.8, 4) is 11.1 Å². The molecule has 0 bridgehead atoms. The van der Waals surface area contributed by atoms with E-state index < -0.39 is 0 Å². The van der Waals surface area contributed by atoms with Crippen LogP contribution in [0.15, 0.2) is 42.6 Å². The Kier molecular flexibility index (Phi) is 4.31. The van der Waals surface area contributed by atoms with Crippen LogP contribution < -0.4 is 11.1 Å². The lowest BCUT2D eigenvalue weighted by molar-refractivity contribution is 0.953. The summed E-state index contributed by atoms with van der Waals surface area (Å²) in [6.07, 6.45) is 2.97. The quantitative estimate of drug-likeness (QED) is 0.846. The maximum atomic E-state index is 5.79. The maximum Gasteiger partial charge on any atom is 0.130 e. The fraction of sp³-hybridized carbons (Fsp3) is 0.267. The van der Waals surface area contributed by atoms with E-state index in [1.54, 1.807) is 0 Å². The molecule has 3 heteroatoms. The molecule has 0 aliphatic carbocycles. The monoisotopic (exact) mass is 241 g/mol. The van der Waals surface area contributed by atoms with Gasteiger partial charge in [-0.25, -0.2) is 4.98 Å². The highest BCUT2D eigenvalue weighted by Crippen LogP contribution is 2.22. The van der Waals surface area contributed by atoms with E-state index in [2.05, 4.69) is 35.4 Å². The average Bonchev–Trinajstić information content (AvgIpc) is 2.46. The van der Waals surface area contributed by atoms with Crippen LogP contribution in [-0.4, -0.2) is 11.5 Å². The van der Waals surface area contributed by atoms with Gasteiger partial charge in [-0.1, -0.05) is 37.3 Å². The molecule has 3 nitrogen and oxygen atoms in total. The van der Waals surface area contributed by atoms with Gasteiger partial charge in [-0.15, -0.1) is 0 Å². The molecule has 0 aliphatic rings. The molecular weight excluding hydrogens is 222 g/mol. The van der Waals surface area contributed by atoms with Gasteiger partial charge in [0.25, 0.3) is 0 Å². The van der Waals surface area contributed by atoms with Crippen molar-refractivity contribution in [3.05, 3.63) is 48.2 Å². The maximum absolute atomic E-state index is 5.79. The Bertz CT molecular complexity index is 494. The number of rotatable bonds is 5. The first-order chi connectivity index (χ1) is 8.85. The molecule has 0 amide bonds. The van der Waals surface area contributed by atoms with Crippen molar-refractivity contribution in [2.24, 2.45) is 5.73 Å². The van der Waals surface area contributed by atoms with Crippen molar-refractivity contribution in [1.29, 1.82) is 0 Å². The Balaban J connectivity index is 2.30. The van der Waals surface area contributed by atoms with Crippen molar-refractivity contribution in [2.45, 2.75) is 19.9 Å². The minimum atomic E-state index is 0.500.